The standard InChI is InChI=1S/C28H33N5O/c1-17-27(31-18(2)30-17)26-15-23(6-7-25(26)21-4-5-21)28(34)32-11-8-20(9-12-32)22-10-13-33-19(3)29-16-24(33)14-22/h6-7,10,13-16,18,20-21,30-31H,4-5,8-9,11-12H2,1-3H3. The molecule has 2 N–H and O–H groups in total. The molecule has 6 rings (SSSR count). The van der Waals surface area contributed by atoms with Crippen LogP contribution >= 0.6 is 0 Å². The van der Waals surface area contributed by atoms with E-state index in [-0.39, 0.29) is 12.1 Å². The van der Waals surface area contributed by atoms with Crippen molar-refractivity contribution >= 4 is 17.1 Å². The number of imidazole rings is 1. The lowest BCUT2D eigenvalue weighted by Gasteiger charge is -2.32. The molecule has 1 atom stereocenters. The number of fused-ring (bicyclic) bond motifs is 1. The highest BCUT2D eigenvalue weighted by Gasteiger charge is 2.31. The predicted molar refractivity (Wildman–Crippen MR) is 135 cm³/mol. The zero-order valence-corrected chi connectivity index (χ0v) is 20.3. The summed E-state index contributed by atoms with van der Waals surface area (Å²) in [5, 5.41) is 7.03. The largest absolute Gasteiger partial charge is 0.367 e. The summed E-state index contributed by atoms with van der Waals surface area (Å²) in [6, 6.07) is 10.8. The first-order valence-electron chi connectivity index (χ1n) is 12.6. The number of carbonyl (C=O) groups is 1. The van der Waals surface area contributed by atoms with Crippen LogP contribution in [0, 0.1) is 6.92 Å². The van der Waals surface area contributed by atoms with Crippen molar-refractivity contribution < 1.29 is 4.79 Å². The van der Waals surface area contributed by atoms with Crippen molar-refractivity contribution in [2.75, 3.05) is 13.1 Å². The molecule has 1 aliphatic carbocycles. The first kappa shape index (κ1) is 21.3. The van der Waals surface area contributed by atoms with Crippen LogP contribution < -0.4 is 10.6 Å². The lowest BCUT2D eigenvalue weighted by Crippen LogP contribution is -2.38. The maximum Gasteiger partial charge on any atom is 0.253 e. The van der Waals surface area contributed by atoms with Crippen LogP contribution in [0.5, 0.6) is 0 Å². The molecule has 4 heterocycles. The normalized spacial score (nSPS) is 21.1. The van der Waals surface area contributed by atoms with Crippen molar-refractivity contribution in [3.05, 3.63) is 76.5 Å². The molecule has 1 saturated heterocycles. The molecule has 0 radical (unpaired) electrons. The van der Waals surface area contributed by atoms with Crippen LogP contribution in [0.3, 0.4) is 0 Å². The molecule has 2 aliphatic heterocycles. The molecule has 6 heteroatoms. The summed E-state index contributed by atoms with van der Waals surface area (Å²) < 4.78 is 2.12. The monoisotopic (exact) mass is 455 g/mol. The number of hydrogen-bond acceptors (Lipinski definition) is 4. The van der Waals surface area contributed by atoms with Crippen molar-refractivity contribution in [1.82, 2.24) is 24.9 Å². The van der Waals surface area contributed by atoms with Gasteiger partial charge in [-0.1, -0.05) is 6.07 Å². The number of hydrogen-bond donors (Lipinski definition) is 2. The fourth-order valence-corrected chi connectivity index (χ4v) is 5.70. The van der Waals surface area contributed by atoms with Crippen molar-refractivity contribution in [2.45, 2.75) is 64.5 Å². The Morgan fingerprint density at radius 2 is 1.79 bits per heavy atom. The molecule has 0 bridgehead atoms. The van der Waals surface area contributed by atoms with Crippen LogP contribution in [-0.4, -0.2) is 39.4 Å². The number of pyridine rings is 1. The second-order valence-electron chi connectivity index (χ2n) is 10.2. The molecule has 1 aromatic carbocycles. The zero-order chi connectivity index (χ0) is 23.4. The van der Waals surface area contributed by atoms with Gasteiger partial charge in [0.1, 0.15) is 5.82 Å². The second-order valence-corrected chi connectivity index (χ2v) is 10.2. The summed E-state index contributed by atoms with van der Waals surface area (Å²) in [7, 11) is 0. The van der Waals surface area contributed by atoms with Gasteiger partial charge in [0.05, 0.1) is 23.6 Å². The molecule has 2 fully saturated rings. The van der Waals surface area contributed by atoms with E-state index in [1.165, 1.54) is 29.5 Å². The van der Waals surface area contributed by atoms with Crippen LogP contribution in [0.25, 0.3) is 11.2 Å². The minimum Gasteiger partial charge on any atom is -0.367 e. The van der Waals surface area contributed by atoms with Crippen molar-refractivity contribution in [1.29, 1.82) is 0 Å². The summed E-state index contributed by atoms with van der Waals surface area (Å²) >= 11 is 0. The fraction of sp³-hybridized carbons (Fsp3) is 0.429. The third-order valence-corrected chi connectivity index (χ3v) is 7.75. The number of rotatable bonds is 4. The first-order valence-corrected chi connectivity index (χ1v) is 12.6. The Morgan fingerprint density at radius 3 is 2.50 bits per heavy atom. The summed E-state index contributed by atoms with van der Waals surface area (Å²) in [6.45, 7) is 7.86. The average molecular weight is 456 g/mol. The van der Waals surface area contributed by atoms with Crippen LogP contribution in [0.1, 0.15) is 84.2 Å². The molecule has 1 saturated carbocycles. The van der Waals surface area contributed by atoms with Crippen LogP contribution in [0.4, 0.5) is 0 Å². The van der Waals surface area contributed by atoms with Crippen LogP contribution in [0.2, 0.25) is 0 Å². The highest BCUT2D eigenvalue weighted by atomic mass is 16.2. The number of piperidine rings is 1. The van der Waals surface area contributed by atoms with E-state index in [2.05, 4.69) is 64.3 Å². The van der Waals surface area contributed by atoms with Gasteiger partial charge in [-0.3, -0.25) is 4.79 Å². The number of aromatic nitrogens is 2. The number of nitrogens with one attached hydrogen (secondary N) is 2. The molecule has 3 aromatic rings. The molecule has 6 nitrogen and oxygen atoms in total. The Bertz CT molecular complexity index is 1290. The number of benzene rings is 1. The molecular weight excluding hydrogens is 422 g/mol. The van der Waals surface area contributed by atoms with E-state index in [0.29, 0.717) is 11.8 Å². The van der Waals surface area contributed by atoms with E-state index < -0.39 is 0 Å². The lowest BCUT2D eigenvalue weighted by molar-refractivity contribution is 0.0713. The maximum atomic E-state index is 13.5. The Labute approximate surface area is 201 Å². The number of aryl methyl sites for hydroxylation is 1. The minimum atomic E-state index is 0.154. The van der Waals surface area contributed by atoms with Gasteiger partial charge in [0.2, 0.25) is 0 Å². The number of nitrogens with zero attached hydrogens (tertiary/aromatic N) is 3. The van der Waals surface area contributed by atoms with E-state index in [1.54, 1.807) is 0 Å². The average Bonchev–Trinajstić information content (AvgIpc) is 3.56. The topological polar surface area (TPSA) is 61.7 Å². The third kappa shape index (κ3) is 3.75. The zero-order valence-electron chi connectivity index (χ0n) is 20.3. The summed E-state index contributed by atoms with van der Waals surface area (Å²) in [4.78, 5) is 19.9. The summed E-state index contributed by atoms with van der Waals surface area (Å²) in [5.74, 6) is 2.28. The van der Waals surface area contributed by atoms with Crippen molar-refractivity contribution in [2.24, 2.45) is 0 Å². The molecular formula is C28H33N5O. The van der Waals surface area contributed by atoms with Crippen LogP contribution in [0.15, 0.2) is 48.4 Å². The van der Waals surface area contributed by atoms with Gasteiger partial charge < -0.3 is 19.9 Å². The Hall–Kier alpha value is -3.28. The minimum absolute atomic E-state index is 0.154. The van der Waals surface area contributed by atoms with Crippen molar-refractivity contribution in [3.63, 3.8) is 0 Å². The summed E-state index contributed by atoms with van der Waals surface area (Å²) in [6.07, 6.45) is 8.75. The van der Waals surface area contributed by atoms with Gasteiger partial charge in [0.15, 0.2) is 0 Å². The van der Waals surface area contributed by atoms with E-state index >= 15 is 0 Å². The Balaban J connectivity index is 1.19. The predicted octanol–water partition coefficient (Wildman–Crippen LogP) is 4.77. The highest BCUT2D eigenvalue weighted by Crippen LogP contribution is 2.44. The Morgan fingerprint density at radius 1 is 1.00 bits per heavy atom. The summed E-state index contributed by atoms with van der Waals surface area (Å²) in [5.41, 5.74) is 8.17. The van der Waals surface area contributed by atoms with Gasteiger partial charge in [-0.05, 0) is 93.7 Å². The van der Waals surface area contributed by atoms with Gasteiger partial charge in [0, 0.05) is 36.1 Å². The SMILES string of the molecule is CC1=C(c2cc(C(=O)N3CCC(c4ccn5c(C)ncc5c4)CC3)ccc2C2CC2)NC(C)N1. The molecule has 1 unspecified atom stereocenters. The highest BCUT2D eigenvalue weighted by molar-refractivity contribution is 5.95. The fourth-order valence-electron chi connectivity index (χ4n) is 5.70. The first-order chi connectivity index (χ1) is 16.5. The van der Waals surface area contributed by atoms with Gasteiger partial charge in [-0.25, -0.2) is 4.98 Å². The molecule has 34 heavy (non-hydrogen) atoms. The van der Waals surface area contributed by atoms with E-state index in [4.69, 9.17) is 0 Å². The number of likely N-dealkylation sites (tertiary alicyclic amines) is 1. The van der Waals surface area contributed by atoms with Gasteiger partial charge >= 0.3 is 0 Å². The van der Waals surface area contributed by atoms with Crippen LogP contribution in [-0.2, 0) is 0 Å². The van der Waals surface area contributed by atoms with Gasteiger partial charge in [0.25, 0.3) is 5.91 Å². The molecule has 1 amide bonds. The van der Waals surface area contributed by atoms with E-state index in [0.717, 1.165) is 54.2 Å². The van der Waals surface area contributed by atoms with Gasteiger partial charge in [-0.15, -0.1) is 0 Å². The smallest absolute Gasteiger partial charge is 0.253 e. The second kappa shape index (κ2) is 8.19. The third-order valence-electron chi connectivity index (χ3n) is 7.75. The van der Waals surface area contributed by atoms with Crippen molar-refractivity contribution in [3.8, 4) is 0 Å². The lowest BCUT2D eigenvalue weighted by atomic mass is 9.89. The molecule has 3 aliphatic rings. The number of allylic oxidation sites excluding steroid dienone is 1. The number of amides is 1. The molecule has 2 aromatic heterocycles. The Kier molecular flexibility index (Phi) is 5.12. The quantitative estimate of drug-likeness (QED) is 0.595. The van der Waals surface area contributed by atoms with Gasteiger partial charge in [-0.2, -0.15) is 0 Å². The molecule has 0 spiro atoms. The molecule has 176 valence electrons. The number of carbonyl (C=O) groups excluding carboxylic acids is 1. The van der Waals surface area contributed by atoms with E-state index in [9.17, 15) is 4.79 Å². The maximum absolute atomic E-state index is 13.5. The van der Waals surface area contributed by atoms with E-state index in [1.807, 2.05) is 24.1 Å².